The van der Waals surface area contributed by atoms with Gasteiger partial charge in [-0.05, 0) is 77.1 Å². The largest absolute Gasteiger partial charge is 0.569 e. The molecule has 20 heteroatoms. The van der Waals surface area contributed by atoms with Crippen LogP contribution in [-0.2, 0) is 35.4 Å². The first-order chi connectivity index (χ1) is 26.7. The number of rotatable bonds is 14. The van der Waals surface area contributed by atoms with E-state index >= 15 is 0 Å². The molecule has 3 aromatic carbocycles. The summed E-state index contributed by atoms with van der Waals surface area (Å²) in [6, 6.07) is 18.5. The van der Waals surface area contributed by atoms with Crippen LogP contribution in [0.15, 0.2) is 89.0 Å². The number of aromatic nitrogens is 2. The Morgan fingerprint density at radius 2 is 1.56 bits per heavy atom. The summed E-state index contributed by atoms with van der Waals surface area (Å²) in [5.41, 5.74) is -0.0819. The van der Waals surface area contributed by atoms with Crippen molar-refractivity contribution in [2.75, 3.05) is 13.2 Å². The SMILES string of the molecule is Cc1ccc(-c2cc(C(F)(F)F)nn2-c2ccc(S(=O)(=O)NC(=O)CCC(=O)OCCN([N+]([O-])=NOC(C)N3C(=O)c4ccccc4C3=O)C(C)(C)C)cc2)cc1. The van der Waals surface area contributed by atoms with Gasteiger partial charge < -0.3 is 14.8 Å². The number of nitrogens with zero attached hydrogens (tertiary/aromatic N) is 6. The van der Waals surface area contributed by atoms with Gasteiger partial charge in [0.25, 0.3) is 21.8 Å². The van der Waals surface area contributed by atoms with E-state index in [1.54, 1.807) is 57.2 Å². The Morgan fingerprint density at radius 1 is 0.965 bits per heavy atom. The average molecular weight is 814 g/mol. The molecule has 0 bridgehead atoms. The molecule has 3 amide bonds. The lowest BCUT2D eigenvalue weighted by Crippen LogP contribution is -2.48. The van der Waals surface area contributed by atoms with Crippen LogP contribution in [0.25, 0.3) is 16.9 Å². The Kier molecular flexibility index (Phi) is 12.1. The van der Waals surface area contributed by atoms with E-state index in [-0.39, 0.29) is 45.5 Å². The Morgan fingerprint density at radius 3 is 2.12 bits per heavy atom. The van der Waals surface area contributed by atoms with Gasteiger partial charge in [0.15, 0.2) is 5.69 Å². The number of fused-ring (bicyclic) bond motifs is 1. The lowest BCUT2D eigenvalue weighted by atomic mass is 10.1. The third kappa shape index (κ3) is 9.74. The Labute approximate surface area is 325 Å². The summed E-state index contributed by atoms with van der Waals surface area (Å²) < 4.78 is 74.6. The lowest BCUT2D eigenvalue weighted by Gasteiger charge is -2.30. The molecule has 0 fully saturated rings. The molecule has 1 atom stereocenters. The second kappa shape index (κ2) is 16.4. The van der Waals surface area contributed by atoms with Gasteiger partial charge in [-0.1, -0.05) is 42.0 Å². The Hall–Kier alpha value is -6.31. The number of benzene rings is 3. The summed E-state index contributed by atoms with van der Waals surface area (Å²) in [7, 11) is -4.45. The van der Waals surface area contributed by atoms with Crippen molar-refractivity contribution in [2.45, 2.75) is 70.3 Å². The van der Waals surface area contributed by atoms with Crippen molar-refractivity contribution in [1.82, 2.24) is 24.4 Å². The van der Waals surface area contributed by atoms with E-state index in [9.17, 15) is 46.0 Å². The van der Waals surface area contributed by atoms with E-state index < -0.39 is 70.2 Å². The topological polar surface area (TPSA) is 196 Å². The molecule has 0 saturated carbocycles. The molecule has 1 aliphatic heterocycles. The van der Waals surface area contributed by atoms with E-state index in [2.05, 4.69) is 10.4 Å². The molecule has 1 N–H and O–H groups in total. The molecule has 5 rings (SSSR count). The number of ether oxygens (including phenoxy) is 1. The predicted molar refractivity (Wildman–Crippen MR) is 194 cm³/mol. The van der Waals surface area contributed by atoms with Gasteiger partial charge >= 0.3 is 12.1 Å². The summed E-state index contributed by atoms with van der Waals surface area (Å²) >= 11 is 0. The molecule has 4 aromatic rings. The molecule has 16 nitrogen and oxygen atoms in total. The number of amides is 3. The summed E-state index contributed by atoms with van der Waals surface area (Å²) in [5, 5.41) is 21.2. The van der Waals surface area contributed by atoms with Crippen molar-refractivity contribution in [1.29, 1.82) is 0 Å². The molecule has 0 spiro atoms. The van der Waals surface area contributed by atoms with Crippen LogP contribution in [0.4, 0.5) is 13.2 Å². The summed E-state index contributed by atoms with van der Waals surface area (Å²) in [6.07, 6.45) is -7.08. The fraction of sp³-hybridized carbons (Fsp3) is 0.324. The van der Waals surface area contributed by atoms with Crippen LogP contribution in [0.2, 0.25) is 0 Å². The van der Waals surface area contributed by atoms with Crippen LogP contribution >= 0.6 is 0 Å². The monoisotopic (exact) mass is 813 g/mol. The molecular weight excluding hydrogens is 776 g/mol. The number of alkyl halides is 3. The molecule has 0 aliphatic carbocycles. The first-order valence-corrected chi connectivity index (χ1v) is 18.8. The highest BCUT2D eigenvalue weighted by Gasteiger charge is 2.40. The summed E-state index contributed by atoms with van der Waals surface area (Å²) in [4.78, 5) is 56.1. The molecular formula is C37H38F3N7O9S. The van der Waals surface area contributed by atoms with Crippen molar-refractivity contribution >= 4 is 33.7 Å². The van der Waals surface area contributed by atoms with Crippen molar-refractivity contribution in [2.24, 2.45) is 5.28 Å². The van der Waals surface area contributed by atoms with Gasteiger partial charge in [0.1, 0.15) is 13.2 Å². The van der Waals surface area contributed by atoms with Crippen LogP contribution in [0.1, 0.15) is 72.5 Å². The minimum absolute atomic E-state index is 0.0884. The van der Waals surface area contributed by atoms with E-state index in [0.717, 1.165) is 38.4 Å². The number of esters is 1. The zero-order valence-corrected chi connectivity index (χ0v) is 32.1. The first kappa shape index (κ1) is 41.8. The fourth-order valence-electron chi connectivity index (χ4n) is 5.62. The molecule has 57 heavy (non-hydrogen) atoms. The molecule has 1 unspecified atom stereocenters. The smallest absolute Gasteiger partial charge is 0.435 e. The lowest BCUT2D eigenvalue weighted by molar-refractivity contribution is -0.726. The fourth-order valence-corrected chi connectivity index (χ4v) is 6.64. The summed E-state index contributed by atoms with van der Waals surface area (Å²) in [5.74, 6) is -3.14. The van der Waals surface area contributed by atoms with Crippen molar-refractivity contribution in [3.8, 4) is 16.9 Å². The maximum atomic E-state index is 13.6. The van der Waals surface area contributed by atoms with Crippen LogP contribution < -0.4 is 4.72 Å². The number of sulfonamides is 1. The number of nitrogens with one attached hydrogen (secondary N) is 1. The van der Waals surface area contributed by atoms with Crippen LogP contribution in [0, 0.1) is 12.1 Å². The quantitative estimate of drug-likeness (QED) is 0.0552. The normalized spacial score (nSPS) is 14.0. The van der Waals surface area contributed by atoms with Gasteiger partial charge in [0, 0.05) is 12.0 Å². The second-order valence-corrected chi connectivity index (χ2v) is 15.5. The molecule has 2 heterocycles. The van der Waals surface area contributed by atoms with E-state index in [1.165, 1.54) is 31.2 Å². The third-order valence-electron chi connectivity index (χ3n) is 8.55. The minimum atomic E-state index is -4.74. The number of aryl methyl sites for hydroxylation is 1. The number of carbonyl (C=O) groups is 4. The van der Waals surface area contributed by atoms with Gasteiger partial charge in [-0.2, -0.15) is 18.3 Å². The summed E-state index contributed by atoms with van der Waals surface area (Å²) in [6.45, 7) is 7.61. The number of halogens is 3. The van der Waals surface area contributed by atoms with E-state index in [4.69, 9.17) is 9.57 Å². The highest BCUT2D eigenvalue weighted by molar-refractivity contribution is 7.90. The molecule has 0 saturated heterocycles. The predicted octanol–water partition coefficient (Wildman–Crippen LogP) is 5.55. The van der Waals surface area contributed by atoms with Crippen LogP contribution in [-0.4, -0.2) is 81.7 Å². The highest BCUT2D eigenvalue weighted by atomic mass is 32.2. The standard InChI is InChI=1S/C37H38F3N7O9S/c1-23-10-12-25(13-11-23)30-22-31(37(38,39)40)41-46(30)26-14-16-27(17-15-26)57(53,54)42-32(48)18-19-33(49)55-21-20-44(36(3,4)5)47(52)43-56-24(2)45-34(50)28-8-6-7-9-29(28)35(45)51/h6-17,22,24H,18-21H2,1-5H3,(H,42,48). The van der Waals surface area contributed by atoms with E-state index in [0.29, 0.717) is 5.56 Å². The van der Waals surface area contributed by atoms with Gasteiger partial charge in [0.05, 0.1) is 44.3 Å². The Balaban J connectivity index is 1.13. The number of carbonyl (C=O) groups excluding carboxylic acids is 4. The number of hydrogen-bond acceptors (Lipinski definition) is 11. The van der Waals surface area contributed by atoms with Gasteiger partial charge in [-0.3, -0.25) is 19.2 Å². The minimum Gasteiger partial charge on any atom is -0.569 e. The maximum absolute atomic E-state index is 13.6. The average Bonchev–Trinajstić information content (AvgIpc) is 3.71. The van der Waals surface area contributed by atoms with Gasteiger partial charge in [-0.25, -0.2) is 22.7 Å². The molecule has 1 aliphatic rings. The molecule has 1 aromatic heterocycles. The molecule has 302 valence electrons. The second-order valence-electron chi connectivity index (χ2n) is 13.8. The first-order valence-electron chi connectivity index (χ1n) is 17.3. The van der Waals surface area contributed by atoms with Gasteiger partial charge in [0.2, 0.25) is 17.4 Å². The van der Waals surface area contributed by atoms with Crippen molar-refractivity contribution < 1.29 is 55.3 Å². The van der Waals surface area contributed by atoms with Crippen LogP contribution in [0.5, 0.6) is 0 Å². The van der Waals surface area contributed by atoms with Crippen LogP contribution in [0.3, 0.4) is 0 Å². The molecule has 0 radical (unpaired) electrons. The number of hydrazine groups is 1. The zero-order valence-electron chi connectivity index (χ0n) is 31.3. The van der Waals surface area contributed by atoms with Crippen molar-refractivity contribution in [3.05, 3.63) is 106 Å². The van der Waals surface area contributed by atoms with Crippen molar-refractivity contribution in [3.63, 3.8) is 0 Å². The highest BCUT2D eigenvalue weighted by Crippen LogP contribution is 2.33. The number of imide groups is 1. The van der Waals surface area contributed by atoms with E-state index in [1.807, 2.05) is 11.6 Å². The maximum Gasteiger partial charge on any atom is 0.435 e. The van der Waals surface area contributed by atoms with Gasteiger partial charge in [-0.15, -0.1) is 5.01 Å². The number of hydrogen-bond donors (Lipinski definition) is 1. The third-order valence-corrected chi connectivity index (χ3v) is 9.94. The zero-order chi connectivity index (χ0) is 41.9. The Bertz CT molecular complexity index is 2270.